The van der Waals surface area contributed by atoms with E-state index in [0.717, 1.165) is 57.9 Å². The molecule has 3 aromatic heterocycles. The molecule has 1 aliphatic rings. The van der Waals surface area contributed by atoms with Gasteiger partial charge in [0.25, 0.3) is 0 Å². The van der Waals surface area contributed by atoms with Crippen LogP contribution in [0, 0.1) is 23.2 Å². The van der Waals surface area contributed by atoms with Gasteiger partial charge < -0.3 is 15.3 Å². The van der Waals surface area contributed by atoms with Gasteiger partial charge in [-0.15, -0.1) is 0 Å². The lowest BCUT2D eigenvalue weighted by Crippen LogP contribution is -2.27. The third-order valence-corrected chi connectivity index (χ3v) is 8.63. The monoisotopic (exact) mass is 513 g/mol. The highest BCUT2D eigenvalue weighted by molar-refractivity contribution is 7.14. The first-order valence-electron chi connectivity index (χ1n) is 12.7. The van der Waals surface area contributed by atoms with Crippen LogP contribution in [0.3, 0.4) is 0 Å². The van der Waals surface area contributed by atoms with E-state index in [-0.39, 0.29) is 12.1 Å². The molecule has 0 bridgehead atoms. The number of nitrogens with zero attached hydrogens (tertiary/aromatic N) is 4. The van der Waals surface area contributed by atoms with E-state index in [2.05, 4.69) is 29.3 Å². The van der Waals surface area contributed by atoms with Crippen molar-refractivity contribution in [2.45, 2.75) is 58.6 Å². The topological polar surface area (TPSA) is 121 Å². The van der Waals surface area contributed by atoms with Gasteiger partial charge in [0.05, 0.1) is 28.0 Å². The summed E-state index contributed by atoms with van der Waals surface area (Å²) < 4.78 is 11.4. The number of pyridine rings is 1. The van der Waals surface area contributed by atoms with Crippen molar-refractivity contribution in [3.8, 4) is 17.4 Å². The number of aliphatic hydroxyl groups excluding tert-OH is 1. The van der Waals surface area contributed by atoms with E-state index >= 15 is 0 Å². The number of hydrogen-bond donors (Lipinski definition) is 2. The second-order valence-corrected chi connectivity index (χ2v) is 10.7. The maximum Gasteiger partial charge on any atom is 0.177 e. The molecule has 2 atom stereocenters. The van der Waals surface area contributed by atoms with Crippen molar-refractivity contribution >= 4 is 50.2 Å². The Morgan fingerprint density at radius 3 is 2.78 bits per heavy atom. The van der Waals surface area contributed by atoms with E-state index in [4.69, 9.17) is 15.1 Å². The summed E-state index contributed by atoms with van der Waals surface area (Å²) in [6.45, 7) is 6.40. The number of fused-ring (bicyclic) bond motifs is 2. The van der Waals surface area contributed by atoms with Gasteiger partial charge in [0.2, 0.25) is 0 Å². The summed E-state index contributed by atoms with van der Waals surface area (Å²) in [6.07, 6.45) is 11.2. The van der Waals surface area contributed by atoms with Crippen LogP contribution in [0.2, 0.25) is 0 Å². The smallest absolute Gasteiger partial charge is 0.177 e. The molecule has 2 unspecified atom stereocenters. The summed E-state index contributed by atoms with van der Waals surface area (Å²) >= 11 is 1.34. The van der Waals surface area contributed by atoms with Crippen LogP contribution in [0.4, 0.5) is 5.82 Å². The standard InChI is InChI=1S/C29H31N5O2S/c1-4-18(13-32-17(3)16(2)19-7-9-22(35)10-8-19)24-15-33-29(31)27-23(24)11-25(36-27)26-20(12-30)5-6-21-14-34-37-28(21)26/h4-6,11,13-17,19,22,35H,7-10H2,1-3H3,(H2,31,33). The van der Waals surface area contributed by atoms with Gasteiger partial charge in [-0.25, -0.2) is 4.98 Å². The van der Waals surface area contributed by atoms with E-state index < -0.39 is 0 Å². The van der Waals surface area contributed by atoms with Crippen LogP contribution in [0.1, 0.15) is 57.6 Å². The van der Waals surface area contributed by atoms with E-state index in [9.17, 15) is 10.4 Å². The van der Waals surface area contributed by atoms with Crippen LogP contribution in [0.15, 0.2) is 46.1 Å². The molecule has 3 N–H and O–H groups in total. The Hall–Kier alpha value is -3.54. The Labute approximate surface area is 220 Å². The number of anilines is 1. The minimum absolute atomic E-state index is 0.148. The summed E-state index contributed by atoms with van der Waals surface area (Å²) in [5.74, 6) is 1.87. The zero-order chi connectivity index (χ0) is 26.1. The zero-order valence-corrected chi connectivity index (χ0v) is 22.1. The molecule has 37 heavy (non-hydrogen) atoms. The Morgan fingerprint density at radius 1 is 1.27 bits per heavy atom. The van der Waals surface area contributed by atoms with Crippen molar-refractivity contribution < 1.29 is 9.52 Å². The highest BCUT2D eigenvalue weighted by atomic mass is 32.1. The van der Waals surface area contributed by atoms with Crippen LogP contribution in [-0.2, 0) is 0 Å². The number of aliphatic imine (C=N–C) groups is 1. The normalized spacial score (nSPS) is 20.5. The van der Waals surface area contributed by atoms with Crippen LogP contribution in [-0.4, -0.2) is 32.8 Å². The van der Waals surface area contributed by atoms with Gasteiger partial charge in [-0.3, -0.25) is 4.99 Å². The molecule has 8 heteroatoms. The Balaban J connectivity index is 1.50. The number of furan rings is 1. The summed E-state index contributed by atoms with van der Waals surface area (Å²) in [5, 5.41) is 21.4. The summed E-state index contributed by atoms with van der Waals surface area (Å²) in [4.78, 5) is 9.33. The summed E-state index contributed by atoms with van der Waals surface area (Å²) in [5.41, 5.74) is 9.77. The van der Waals surface area contributed by atoms with Gasteiger partial charge in [-0.05, 0) is 80.6 Å². The fourth-order valence-corrected chi connectivity index (χ4v) is 6.12. The predicted molar refractivity (Wildman–Crippen MR) is 150 cm³/mol. The second kappa shape index (κ2) is 10.4. The lowest BCUT2D eigenvalue weighted by Gasteiger charge is -2.32. The number of nitrogen functional groups attached to an aromatic ring is 1. The highest BCUT2D eigenvalue weighted by Crippen LogP contribution is 2.40. The second-order valence-electron chi connectivity index (χ2n) is 9.95. The first-order valence-corrected chi connectivity index (χ1v) is 13.5. The first kappa shape index (κ1) is 25.1. The molecule has 1 fully saturated rings. The average Bonchev–Trinajstić information content (AvgIpc) is 3.57. The van der Waals surface area contributed by atoms with Gasteiger partial charge in [0.15, 0.2) is 11.4 Å². The molecule has 5 rings (SSSR count). The lowest BCUT2D eigenvalue weighted by molar-refractivity contribution is 0.0902. The molecule has 7 nitrogen and oxygen atoms in total. The first-order chi connectivity index (χ1) is 17.9. The average molecular weight is 514 g/mol. The molecule has 3 heterocycles. The number of nitrogens with two attached hydrogens (primary N) is 1. The minimum Gasteiger partial charge on any atom is -0.452 e. The molecule has 1 aliphatic carbocycles. The number of benzene rings is 1. The molecule has 1 saturated carbocycles. The Morgan fingerprint density at radius 2 is 2.05 bits per heavy atom. The molecule has 0 amide bonds. The summed E-state index contributed by atoms with van der Waals surface area (Å²) in [6, 6.07) is 8.06. The van der Waals surface area contributed by atoms with Gasteiger partial charge in [0, 0.05) is 41.0 Å². The minimum atomic E-state index is -0.149. The SMILES string of the molecule is CC=C(C=NC(C)C(C)C1CCC(O)CC1)c1cnc(N)c2oc(-c3c(C#N)ccc4cnsc34)cc12. The molecule has 1 aromatic carbocycles. The maximum atomic E-state index is 9.85. The number of aliphatic hydroxyl groups is 1. The van der Waals surface area contributed by atoms with Crippen LogP contribution in [0.5, 0.6) is 0 Å². The fraction of sp³-hybridized carbons (Fsp3) is 0.379. The van der Waals surface area contributed by atoms with Crippen molar-refractivity contribution in [1.82, 2.24) is 9.36 Å². The third-order valence-electron chi connectivity index (χ3n) is 7.80. The van der Waals surface area contributed by atoms with Gasteiger partial charge in [0.1, 0.15) is 5.76 Å². The maximum absolute atomic E-state index is 9.85. The fourth-order valence-electron chi connectivity index (χ4n) is 5.32. The van der Waals surface area contributed by atoms with Crippen LogP contribution in [0.25, 0.3) is 38.0 Å². The molecule has 0 spiro atoms. The Kier molecular flexibility index (Phi) is 7.09. The van der Waals surface area contributed by atoms with Gasteiger partial charge in [-0.2, -0.15) is 9.64 Å². The van der Waals surface area contributed by atoms with Gasteiger partial charge >= 0.3 is 0 Å². The predicted octanol–water partition coefficient (Wildman–Crippen LogP) is 6.61. The van der Waals surface area contributed by atoms with Crippen LogP contribution < -0.4 is 5.73 Å². The number of hydrogen-bond acceptors (Lipinski definition) is 8. The van der Waals surface area contributed by atoms with Crippen molar-refractivity contribution in [3.05, 3.63) is 47.8 Å². The van der Waals surface area contributed by atoms with Crippen LogP contribution >= 0.6 is 11.5 Å². The summed E-state index contributed by atoms with van der Waals surface area (Å²) in [7, 11) is 0. The van der Waals surface area contributed by atoms with E-state index in [1.807, 2.05) is 31.3 Å². The van der Waals surface area contributed by atoms with E-state index in [1.54, 1.807) is 18.5 Å². The quantitative estimate of drug-likeness (QED) is 0.280. The molecule has 0 aliphatic heterocycles. The molecule has 0 saturated heterocycles. The largest absolute Gasteiger partial charge is 0.452 e. The molecule has 0 radical (unpaired) electrons. The van der Waals surface area contributed by atoms with Crippen molar-refractivity contribution in [1.29, 1.82) is 5.26 Å². The molecular weight excluding hydrogens is 482 g/mol. The molecular formula is C29H31N5O2S. The number of rotatable bonds is 6. The van der Waals surface area contributed by atoms with E-state index in [1.165, 1.54) is 11.5 Å². The number of allylic oxidation sites excluding steroid dienone is 2. The zero-order valence-electron chi connectivity index (χ0n) is 21.3. The Bertz CT molecular complexity index is 1540. The van der Waals surface area contributed by atoms with Gasteiger partial charge in [-0.1, -0.05) is 19.1 Å². The molecule has 190 valence electrons. The van der Waals surface area contributed by atoms with Crippen molar-refractivity contribution in [3.63, 3.8) is 0 Å². The highest BCUT2D eigenvalue weighted by Gasteiger charge is 2.27. The van der Waals surface area contributed by atoms with E-state index in [0.29, 0.717) is 34.6 Å². The number of nitriles is 1. The number of aromatic nitrogens is 2. The third kappa shape index (κ3) is 4.77. The van der Waals surface area contributed by atoms with Crippen molar-refractivity contribution in [2.24, 2.45) is 16.8 Å². The van der Waals surface area contributed by atoms with Crippen molar-refractivity contribution in [2.75, 3.05) is 5.73 Å². The lowest BCUT2D eigenvalue weighted by atomic mass is 9.77. The molecule has 4 aromatic rings.